The lowest BCUT2D eigenvalue weighted by Gasteiger charge is -2.06. The van der Waals surface area contributed by atoms with Crippen molar-refractivity contribution in [1.82, 2.24) is 20.0 Å². The minimum Gasteiger partial charge on any atom is -0.219 e. The lowest BCUT2D eigenvalue weighted by atomic mass is 10.1. The highest BCUT2D eigenvalue weighted by atomic mass is 15.3. The van der Waals surface area contributed by atoms with Crippen LogP contribution in [-0.2, 0) is 0 Å². The first kappa shape index (κ1) is 13.0. The number of benzene rings is 1. The van der Waals surface area contributed by atoms with Crippen molar-refractivity contribution in [2.75, 3.05) is 0 Å². The van der Waals surface area contributed by atoms with Gasteiger partial charge in [-0.05, 0) is 25.0 Å². The number of aryl methyl sites for hydroxylation is 1. The van der Waals surface area contributed by atoms with Crippen LogP contribution in [0.5, 0.6) is 0 Å². The molecule has 102 valence electrons. The fourth-order valence-electron chi connectivity index (χ4n) is 2.11. The van der Waals surface area contributed by atoms with Gasteiger partial charge in [0.1, 0.15) is 11.6 Å². The van der Waals surface area contributed by atoms with Gasteiger partial charge >= 0.3 is 0 Å². The zero-order valence-electron chi connectivity index (χ0n) is 11.8. The Morgan fingerprint density at radius 2 is 1.81 bits per heavy atom. The summed E-state index contributed by atoms with van der Waals surface area (Å²) in [6.07, 6.45) is 3.61. The third kappa shape index (κ3) is 2.28. The van der Waals surface area contributed by atoms with Gasteiger partial charge in [0.05, 0.1) is 11.9 Å². The van der Waals surface area contributed by atoms with E-state index >= 15 is 0 Å². The second-order valence-corrected chi connectivity index (χ2v) is 4.76. The van der Waals surface area contributed by atoms with E-state index in [-0.39, 0.29) is 0 Å². The summed E-state index contributed by atoms with van der Waals surface area (Å²) in [7, 11) is 0. The van der Waals surface area contributed by atoms with Gasteiger partial charge in [-0.2, -0.15) is 15.5 Å². The maximum Gasteiger partial charge on any atom is 0.193 e. The molecule has 0 N–H and O–H groups in total. The molecule has 0 amide bonds. The van der Waals surface area contributed by atoms with Gasteiger partial charge in [-0.15, -0.1) is 5.10 Å². The Kier molecular flexibility index (Phi) is 3.20. The molecule has 0 saturated heterocycles. The second-order valence-electron chi connectivity index (χ2n) is 4.76. The van der Waals surface area contributed by atoms with Gasteiger partial charge in [0, 0.05) is 11.8 Å². The van der Waals surface area contributed by atoms with Crippen molar-refractivity contribution >= 4 is 0 Å². The SMILES string of the molecule is Cc1nnc(-n2cc(-c3ccccc3)cn2)c(C#N)c1C. The van der Waals surface area contributed by atoms with Crippen molar-refractivity contribution in [3.05, 3.63) is 59.5 Å². The Morgan fingerprint density at radius 3 is 2.52 bits per heavy atom. The average Bonchev–Trinajstić information content (AvgIpc) is 3.00. The van der Waals surface area contributed by atoms with E-state index < -0.39 is 0 Å². The Hall–Kier alpha value is -3.00. The van der Waals surface area contributed by atoms with Gasteiger partial charge in [-0.3, -0.25) is 0 Å². The van der Waals surface area contributed by atoms with Crippen molar-refractivity contribution in [1.29, 1.82) is 5.26 Å². The molecule has 3 aromatic rings. The van der Waals surface area contributed by atoms with E-state index in [4.69, 9.17) is 0 Å². The van der Waals surface area contributed by atoms with Gasteiger partial charge in [-0.25, -0.2) is 4.68 Å². The summed E-state index contributed by atoms with van der Waals surface area (Å²) in [5.74, 6) is 0.461. The number of aromatic nitrogens is 4. The Labute approximate surface area is 122 Å². The lowest BCUT2D eigenvalue weighted by Crippen LogP contribution is -2.07. The third-order valence-corrected chi connectivity index (χ3v) is 3.45. The number of hydrogen-bond acceptors (Lipinski definition) is 4. The molecule has 2 heterocycles. The molecule has 0 aliphatic rings. The molecule has 0 fully saturated rings. The molecule has 0 bridgehead atoms. The fraction of sp³-hybridized carbons (Fsp3) is 0.125. The van der Waals surface area contributed by atoms with E-state index in [9.17, 15) is 5.26 Å². The van der Waals surface area contributed by atoms with Crippen LogP contribution in [0.1, 0.15) is 16.8 Å². The molecule has 2 aromatic heterocycles. The van der Waals surface area contributed by atoms with Crippen LogP contribution in [0.3, 0.4) is 0 Å². The topological polar surface area (TPSA) is 67.4 Å². The highest BCUT2D eigenvalue weighted by Crippen LogP contribution is 2.21. The van der Waals surface area contributed by atoms with E-state index in [0.29, 0.717) is 11.4 Å². The minimum atomic E-state index is 0.461. The van der Waals surface area contributed by atoms with Crippen LogP contribution in [-0.4, -0.2) is 20.0 Å². The summed E-state index contributed by atoms with van der Waals surface area (Å²) in [5, 5.41) is 21.9. The van der Waals surface area contributed by atoms with Crippen molar-refractivity contribution in [2.24, 2.45) is 0 Å². The lowest BCUT2D eigenvalue weighted by molar-refractivity contribution is 0.796. The maximum atomic E-state index is 9.35. The highest BCUT2D eigenvalue weighted by molar-refractivity contribution is 5.62. The monoisotopic (exact) mass is 275 g/mol. The molecule has 0 spiro atoms. The molecule has 1 aromatic carbocycles. The van der Waals surface area contributed by atoms with Crippen molar-refractivity contribution in [2.45, 2.75) is 13.8 Å². The largest absolute Gasteiger partial charge is 0.219 e. The molecular formula is C16H13N5. The van der Waals surface area contributed by atoms with Gasteiger partial charge in [0.15, 0.2) is 5.82 Å². The van der Waals surface area contributed by atoms with Crippen LogP contribution in [0, 0.1) is 25.2 Å². The van der Waals surface area contributed by atoms with Crippen LogP contribution >= 0.6 is 0 Å². The maximum absolute atomic E-state index is 9.35. The molecule has 0 unspecified atom stereocenters. The summed E-state index contributed by atoms with van der Waals surface area (Å²) >= 11 is 0. The molecule has 0 radical (unpaired) electrons. The Balaban J connectivity index is 2.10. The van der Waals surface area contributed by atoms with Crippen molar-refractivity contribution < 1.29 is 0 Å². The predicted molar refractivity (Wildman–Crippen MR) is 78.8 cm³/mol. The fourth-order valence-corrected chi connectivity index (χ4v) is 2.11. The molecule has 0 saturated carbocycles. The van der Waals surface area contributed by atoms with Crippen LogP contribution in [0.4, 0.5) is 0 Å². The quantitative estimate of drug-likeness (QED) is 0.721. The third-order valence-electron chi connectivity index (χ3n) is 3.45. The molecule has 5 heteroatoms. The first-order chi connectivity index (χ1) is 10.2. The minimum absolute atomic E-state index is 0.461. The molecule has 21 heavy (non-hydrogen) atoms. The molecule has 5 nitrogen and oxygen atoms in total. The molecule has 3 rings (SSSR count). The van der Waals surface area contributed by atoms with Crippen LogP contribution < -0.4 is 0 Å². The Morgan fingerprint density at radius 1 is 1.05 bits per heavy atom. The zero-order valence-corrected chi connectivity index (χ0v) is 11.8. The van der Waals surface area contributed by atoms with Crippen molar-refractivity contribution in [3.8, 4) is 23.0 Å². The summed E-state index contributed by atoms with van der Waals surface area (Å²) in [4.78, 5) is 0. The van der Waals surface area contributed by atoms with Gasteiger partial charge in [0.25, 0.3) is 0 Å². The first-order valence-electron chi connectivity index (χ1n) is 6.55. The average molecular weight is 275 g/mol. The van der Waals surface area contributed by atoms with E-state index in [1.165, 1.54) is 0 Å². The molecular weight excluding hydrogens is 262 g/mol. The normalized spacial score (nSPS) is 10.3. The summed E-state index contributed by atoms with van der Waals surface area (Å²) in [6.45, 7) is 3.71. The van der Waals surface area contributed by atoms with Crippen LogP contribution in [0.15, 0.2) is 42.7 Å². The molecule has 0 aliphatic heterocycles. The number of rotatable bonds is 2. The summed E-state index contributed by atoms with van der Waals surface area (Å²) < 4.78 is 1.60. The van der Waals surface area contributed by atoms with Gasteiger partial charge in [0.2, 0.25) is 0 Å². The first-order valence-corrected chi connectivity index (χ1v) is 6.55. The van der Waals surface area contributed by atoms with Crippen molar-refractivity contribution in [3.63, 3.8) is 0 Å². The van der Waals surface area contributed by atoms with E-state index in [1.54, 1.807) is 10.9 Å². The smallest absolute Gasteiger partial charge is 0.193 e. The zero-order chi connectivity index (χ0) is 14.8. The summed E-state index contributed by atoms with van der Waals surface area (Å²) in [5.41, 5.74) is 4.13. The number of hydrogen-bond donors (Lipinski definition) is 0. The number of nitriles is 1. The van der Waals surface area contributed by atoms with E-state index in [2.05, 4.69) is 21.4 Å². The second kappa shape index (κ2) is 5.17. The Bertz CT molecular complexity index is 828. The van der Waals surface area contributed by atoms with Crippen LogP contribution in [0.2, 0.25) is 0 Å². The molecule has 0 atom stereocenters. The predicted octanol–water partition coefficient (Wildman–Crippen LogP) is 2.82. The summed E-state index contributed by atoms with van der Waals surface area (Å²) in [6, 6.07) is 12.1. The van der Waals surface area contributed by atoms with Gasteiger partial charge < -0.3 is 0 Å². The molecule has 0 aliphatic carbocycles. The van der Waals surface area contributed by atoms with Crippen LogP contribution in [0.25, 0.3) is 16.9 Å². The standard InChI is InChI=1S/C16H13N5/c1-11-12(2)19-20-16(15(11)8-17)21-10-14(9-18-21)13-6-4-3-5-7-13/h3-7,9-10H,1-2H3. The number of nitrogens with zero attached hydrogens (tertiary/aromatic N) is 5. The van der Waals surface area contributed by atoms with E-state index in [0.717, 1.165) is 22.4 Å². The van der Waals surface area contributed by atoms with Gasteiger partial charge in [-0.1, -0.05) is 30.3 Å². The van der Waals surface area contributed by atoms with E-state index in [1.807, 2.05) is 50.4 Å². The highest BCUT2D eigenvalue weighted by Gasteiger charge is 2.13.